The molecule has 1 atom stereocenters. The van der Waals surface area contributed by atoms with E-state index < -0.39 is 27.9 Å². The first-order valence-corrected chi connectivity index (χ1v) is 9.33. The summed E-state index contributed by atoms with van der Waals surface area (Å²) in [5.41, 5.74) is 0.827. The smallest absolute Gasteiger partial charge is 0.326 e. The minimum atomic E-state index is -3.69. The molecule has 1 aliphatic rings. The molecule has 1 amide bonds. The minimum absolute atomic E-state index is 0.00275. The molecule has 1 unspecified atom stereocenters. The Hall–Kier alpha value is -1.93. The van der Waals surface area contributed by atoms with Crippen molar-refractivity contribution in [2.24, 2.45) is 0 Å². The zero-order valence-electron chi connectivity index (χ0n) is 13.9. The number of amides is 1. The van der Waals surface area contributed by atoms with Crippen molar-refractivity contribution in [1.29, 1.82) is 0 Å². The van der Waals surface area contributed by atoms with Gasteiger partial charge >= 0.3 is 5.97 Å². The molecule has 0 bridgehead atoms. The topological polar surface area (TPSA) is 104 Å². The first kappa shape index (κ1) is 18.4. The van der Waals surface area contributed by atoms with Crippen molar-refractivity contribution in [2.75, 3.05) is 6.54 Å². The van der Waals surface area contributed by atoms with Crippen LogP contribution in [0.2, 0.25) is 0 Å². The first-order chi connectivity index (χ1) is 11.2. The van der Waals surface area contributed by atoms with Gasteiger partial charge in [0.25, 0.3) is 5.91 Å². The Morgan fingerprint density at radius 3 is 2.50 bits per heavy atom. The van der Waals surface area contributed by atoms with Crippen LogP contribution in [0.15, 0.2) is 23.1 Å². The molecule has 0 aliphatic heterocycles. The lowest BCUT2D eigenvalue weighted by molar-refractivity contribution is -0.141. The van der Waals surface area contributed by atoms with Gasteiger partial charge in [0.15, 0.2) is 0 Å². The number of carbonyl (C=O) groups is 2. The monoisotopic (exact) mass is 354 g/mol. The number of carboxylic acid groups (broad SMARTS) is 1. The highest BCUT2D eigenvalue weighted by Gasteiger charge is 2.39. The molecule has 132 valence electrons. The lowest BCUT2D eigenvalue weighted by Crippen LogP contribution is -2.45. The second kappa shape index (κ2) is 6.90. The maximum Gasteiger partial charge on any atom is 0.326 e. The van der Waals surface area contributed by atoms with Crippen LogP contribution in [0.1, 0.15) is 42.6 Å². The number of hydrogen-bond donors (Lipinski definition) is 2. The van der Waals surface area contributed by atoms with Crippen LogP contribution in [0.25, 0.3) is 0 Å². The van der Waals surface area contributed by atoms with Crippen LogP contribution in [0, 0.1) is 6.92 Å². The van der Waals surface area contributed by atoms with Gasteiger partial charge in [-0.05, 0) is 44.4 Å². The minimum Gasteiger partial charge on any atom is -0.480 e. The van der Waals surface area contributed by atoms with E-state index in [1.807, 2.05) is 0 Å². The molecule has 0 spiro atoms. The van der Waals surface area contributed by atoms with Gasteiger partial charge in [-0.1, -0.05) is 13.0 Å². The maximum atomic E-state index is 12.9. The number of carboxylic acids is 1. The number of benzene rings is 1. The molecule has 1 fully saturated rings. The standard InChI is InChI=1S/C16H22N2O5S/c1-4-17-24(22,23)13-8-5-10(2)14(9-13)15(19)18(12-6-7-12)11(3)16(20)21/h5,8-9,11-12,17H,4,6-7H2,1-3H3,(H,20,21). The third kappa shape index (κ3) is 3.76. The van der Waals surface area contributed by atoms with Gasteiger partial charge in [0.2, 0.25) is 10.0 Å². The van der Waals surface area contributed by atoms with Crippen LogP contribution < -0.4 is 4.72 Å². The molecular formula is C16H22N2O5S. The van der Waals surface area contributed by atoms with Crippen LogP contribution >= 0.6 is 0 Å². The zero-order valence-corrected chi connectivity index (χ0v) is 14.8. The average molecular weight is 354 g/mol. The van der Waals surface area contributed by atoms with Gasteiger partial charge in [-0.3, -0.25) is 4.79 Å². The second-order valence-electron chi connectivity index (χ2n) is 5.94. The van der Waals surface area contributed by atoms with Gasteiger partial charge in [0, 0.05) is 18.2 Å². The summed E-state index contributed by atoms with van der Waals surface area (Å²) in [6.45, 7) is 5.07. The first-order valence-electron chi connectivity index (χ1n) is 7.84. The number of carbonyl (C=O) groups excluding carboxylic acids is 1. The molecule has 7 nitrogen and oxygen atoms in total. The summed E-state index contributed by atoms with van der Waals surface area (Å²) in [6.07, 6.45) is 1.52. The summed E-state index contributed by atoms with van der Waals surface area (Å²) in [4.78, 5) is 25.5. The molecule has 0 radical (unpaired) electrons. The molecule has 2 rings (SSSR count). The van der Waals surface area contributed by atoms with E-state index in [-0.39, 0.29) is 23.0 Å². The Morgan fingerprint density at radius 2 is 2.00 bits per heavy atom. The van der Waals surface area contributed by atoms with Crippen LogP contribution in [0.5, 0.6) is 0 Å². The van der Waals surface area contributed by atoms with Crippen molar-refractivity contribution in [3.63, 3.8) is 0 Å². The summed E-state index contributed by atoms with van der Waals surface area (Å²) in [5, 5.41) is 9.25. The number of aryl methyl sites for hydroxylation is 1. The Labute approximate surface area is 141 Å². The Morgan fingerprint density at radius 1 is 1.38 bits per heavy atom. The fourth-order valence-electron chi connectivity index (χ4n) is 2.54. The van der Waals surface area contributed by atoms with Crippen molar-refractivity contribution >= 4 is 21.9 Å². The van der Waals surface area contributed by atoms with Crippen molar-refractivity contribution in [3.8, 4) is 0 Å². The molecule has 1 aliphatic carbocycles. The lowest BCUT2D eigenvalue weighted by atomic mass is 10.1. The third-order valence-electron chi connectivity index (χ3n) is 4.03. The van der Waals surface area contributed by atoms with E-state index in [9.17, 15) is 23.1 Å². The summed E-state index contributed by atoms with van der Waals surface area (Å²) in [5.74, 6) is -1.53. The van der Waals surface area contributed by atoms with E-state index in [1.54, 1.807) is 19.9 Å². The maximum absolute atomic E-state index is 12.9. The SMILES string of the molecule is CCNS(=O)(=O)c1ccc(C)c(C(=O)N(C2CC2)C(C)C(=O)O)c1. The normalized spacial score (nSPS) is 15.8. The molecule has 1 saturated carbocycles. The van der Waals surface area contributed by atoms with Crippen molar-refractivity contribution in [2.45, 2.75) is 50.6 Å². The Kier molecular flexibility index (Phi) is 5.29. The largest absolute Gasteiger partial charge is 0.480 e. The van der Waals surface area contributed by atoms with E-state index in [0.29, 0.717) is 5.56 Å². The molecule has 1 aromatic rings. The number of rotatable bonds is 7. The number of nitrogens with one attached hydrogen (secondary N) is 1. The lowest BCUT2D eigenvalue weighted by Gasteiger charge is -2.27. The second-order valence-corrected chi connectivity index (χ2v) is 7.70. The van der Waals surface area contributed by atoms with Crippen molar-refractivity contribution in [1.82, 2.24) is 9.62 Å². The number of aliphatic carboxylic acids is 1. The van der Waals surface area contributed by atoms with Gasteiger partial charge in [-0.15, -0.1) is 0 Å². The highest BCUT2D eigenvalue weighted by Crippen LogP contribution is 2.31. The van der Waals surface area contributed by atoms with E-state index in [2.05, 4.69) is 4.72 Å². The summed E-state index contributed by atoms with van der Waals surface area (Å²) in [7, 11) is -3.69. The molecule has 24 heavy (non-hydrogen) atoms. The third-order valence-corrected chi connectivity index (χ3v) is 5.58. The van der Waals surface area contributed by atoms with Gasteiger partial charge in [0.1, 0.15) is 6.04 Å². The molecule has 0 heterocycles. The molecule has 8 heteroatoms. The highest BCUT2D eigenvalue weighted by atomic mass is 32.2. The summed E-state index contributed by atoms with van der Waals surface area (Å²) >= 11 is 0. The Balaban J connectivity index is 2.43. The van der Waals surface area contributed by atoms with E-state index in [0.717, 1.165) is 12.8 Å². The molecule has 1 aromatic carbocycles. The quantitative estimate of drug-likeness (QED) is 0.770. The fraction of sp³-hybridized carbons (Fsp3) is 0.500. The van der Waals surface area contributed by atoms with Gasteiger partial charge in [0.05, 0.1) is 4.90 Å². The van der Waals surface area contributed by atoms with E-state index in [1.165, 1.54) is 24.0 Å². The van der Waals surface area contributed by atoms with Crippen LogP contribution in [-0.2, 0) is 14.8 Å². The van der Waals surface area contributed by atoms with Gasteiger partial charge < -0.3 is 10.0 Å². The van der Waals surface area contributed by atoms with Crippen LogP contribution in [0.3, 0.4) is 0 Å². The van der Waals surface area contributed by atoms with E-state index in [4.69, 9.17) is 0 Å². The molecule has 0 saturated heterocycles. The predicted octanol–water partition coefficient (Wildman–Crippen LogP) is 1.37. The Bertz CT molecular complexity index is 756. The molecule has 2 N–H and O–H groups in total. The number of hydrogen-bond acceptors (Lipinski definition) is 4. The number of sulfonamides is 1. The van der Waals surface area contributed by atoms with Gasteiger partial charge in [-0.2, -0.15) is 0 Å². The zero-order chi connectivity index (χ0) is 18.1. The van der Waals surface area contributed by atoms with Crippen LogP contribution in [-0.4, -0.2) is 48.9 Å². The summed E-state index contributed by atoms with van der Waals surface area (Å²) in [6, 6.07) is 3.26. The van der Waals surface area contributed by atoms with Gasteiger partial charge in [-0.25, -0.2) is 17.9 Å². The number of nitrogens with zero attached hydrogens (tertiary/aromatic N) is 1. The van der Waals surface area contributed by atoms with E-state index >= 15 is 0 Å². The van der Waals surface area contributed by atoms with Crippen LogP contribution in [0.4, 0.5) is 0 Å². The van der Waals surface area contributed by atoms with Crippen molar-refractivity contribution in [3.05, 3.63) is 29.3 Å². The van der Waals surface area contributed by atoms with Crippen molar-refractivity contribution < 1.29 is 23.1 Å². The average Bonchev–Trinajstić information content (AvgIpc) is 3.32. The molecular weight excluding hydrogens is 332 g/mol. The summed E-state index contributed by atoms with van der Waals surface area (Å²) < 4.78 is 26.7. The molecule has 0 aromatic heterocycles. The fourth-order valence-corrected chi connectivity index (χ4v) is 3.61. The predicted molar refractivity (Wildman–Crippen MR) is 88.3 cm³/mol. The highest BCUT2D eigenvalue weighted by molar-refractivity contribution is 7.89.